The molecule has 0 saturated heterocycles. The lowest BCUT2D eigenvalue weighted by atomic mass is 10.0. The zero-order valence-corrected chi connectivity index (χ0v) is 66.6. The summed E-state index contributed by atoms with van der Waals surface area (Å²) in [4.78, 5) is 45.8. The Kier molecular flexibility index (Phi) is 27.5. The number of nitrogen functional groups attached to an aromatic ring is 1. The van der Waals surface area contributed by atoms with Gasteiger partial charge < -0.3 is 53.0 Å². The van der Waals surface area contributed by atoms with Crippen LogP contribution in [0.25, 0.3) is 44.5 Å². The van der Waals surface area contributed by atoms with Gasteiger partial charge in [-0.25, -0.2) is 60.0 Å². The number of halogens is 8. The van der Waals surface area contributed by atoms with Crippen molar-refractivity contribution in [2.45, 2.75) is 20.8 Å². The first-order chi connectivity index (χ1) is 61.0. The molecule has 9 aromatic carbocycles. The highest BCUT2D eigenvalue weighted by atomic mass is 19.2. The number of nitrogens with one attached hydrogen (secondary N) is 8. The van der Waals surface area contributed by atoms with E-state index < -0.39 is 46.5 Å². The van der Waals surface area contributed by atoms with Gasteiger partial charge in [-0.3, -0.25) is 9.97 Å². The van der Waals surface area contributed by atoms with Gasteiger partial charge in [-0.2, -0.15) is 41.0 Å². The summed E-state index contributed by atoms with van der Waals surface area (Å²) in [6.45, 7) is 5.47. The first-order valence-electron chi connectivity index (χ1n) is 37.7. The fraction of sp³-hybridized carbons (Fsp3) is 0.0430. The van der Waals surface area contributed by atoms with E-state index in [1.807, 2.05) is 45.0 Å². The van der Waals surface area contributed by atoms with E-state index in [9.17, 15) is 35.1 Å². The zero-order chi connectivity index (χ0) is 88.8. The van der Waals surface area contributed by atoms with Gasteiger partial charge in [0.05, 0.1) is 53.6 Å². The number of rotatable bonds is 21. The highest BCUT2D eigenvalue weighted by Crippen LogP contribution is 2.36. The number of nitriles is 4. The summed E-state index contributed by atoms with van der Waals surface area (Å²) < 4.78 is 123. The van der Waals surface area contributed by atoms with Crippen LogP contribution in [0.5, 0.6) is 5.88 Å². The molecule has 0 fully saturated rings. The van der Waals surface area contributed by atoms with Gasteiger partial charge in [0.25, 0.3) is 0 Å². The highest BCUT2D eigenvalue weighted by Gasteiger charge is 2.20. The third kappa shape index (κ3) is 22.9. The van der Waals surface area contributed by atoms with Gasteiger partial charge in [0, 0.05) is 88.8 Å². The minimum absolute atomic E-state index is 0.201. The molecule has 0 radical (unpaired) electrons. The minimum Gasteiger partial charge on any atom is -0.481 e. The summed E-state index contributed by atoms with van der Waals surface area (Å²) in [6.07, 6.45) is 8.93. The second kappa shape index (κ2) is 40.3. The number of hydrogen-bond donors (Lipinski definition) is 9. The van der Waals surface area contributed by atoms with Crippen LogP contribution in [0.4, 0.5) is 133 Å². The molecule has 0 unspecified atom stereocenters. The Bertz CT molecular complexity index is 6700. The number of hydrogen-bond acceptors (Lipinski definition) is 25. The molecule has 0 aliphatic heterocycles. The molecular weight excluding hydrogens is 1620 g/mol. The molecule has 10 N–H and O–H groups in total. The van der Waals surface area contributed by atoms with Crippen molar-refractivity contribution in [3.8, 4) is 74.7 Å². The number of anilines is 17. The van der Waals surface area contributed by atoms with Crippen molar-refractivity contribution in [1.82, 2.24) is 54.8 Å². The Morgan fingerprint density at radius 3 is 0.802 bits per heavy atom. The molecule has 7 aromatic heterocycles. The van der Waals surface area contributed by atoms with Crippen LogP contribution in [0, 0.1) is 113 Å². The molecule has 0 aliphatic carbocycles. The maximum absolute atomic E-state index is 14.8. The Balaban J connectivity index is 0.000000144. The van der Waals surface area contributed by atoms with Gasteiger partial charge in [-0.1, -0.05) is 12.1 Å². The highest BCUT2D eigenvalue weighted by molar-refractivity contribution is 5.75. The molecule has 16 aromatic rings. The van der Waals surface area contributed by atoms with Gasteiger partial charge in [-0.05, 0) is 278 Å². The van der Waals surface area contributed by atoms with Crippen LogP contribution in [0.2, 0.25) is 0 Å². The van der Waals surface area contributed by atoms with Crippen molar-refractivity contribution in [3.63, 3.8) is 0 Å². The van der Waals surface area contributed by atoms with E-state index in [-0.39, 0.29) is 69.8 Å². The van der Waals surface area contributed by atoms with E-state index in [1.54, 1.807) is 164 Å². The molecule has 33 heteroatoms. The van der Waals surface area contributed by atoms with Crippen LogP contribution >= 0.6 is 0 Å². The number of nitrogens with zero attached hydrogens (tertiary/aromatic N) is 15. The predicted molar refractivity (Wildman–Crippen MR) is 465 cm³/mol. The molecule has 7 heterocycles. The molecule has 126 heavy (non-hydrogen) atoms. The molecular formula is C93H66F8N24O. The van der Waals surface area contributed by atoms with E-state index in [0.29, 0.717) is 101 Å². The first-order valence-corrected chi connectivity index (χ1v) is 37.7. The molecule has 620 valence electrons. The molecule has 0 bridgehead atoms. The van der Waals surface area contributed by atoms with E-state index in [1.165, 1.54) is 111 Å². The number of benzene rings is 9. The lowest BCUT2D eigenvalue weighted by Gasteiger charge is -2.12. The Morgan fingerprint density at radius 2 is 0.516 bits per heavy atom. The SMILES string of the molecule is COc1cc(-c2cc(F)c(Nc3ccnc(Nc4ccc(C#N)cc4)n3)c(F)c2)ccn1.Cc1cc(-c2cc(F)c(Nc3ccnc(Nc4ccc(C#N)cc4)n3)c(F)c2)cc(C)n1.Cc1cc(-c2cc(F)c(Nc3ccnc(Nc4ccc(C#N)cc4)n3)c(F)c2)ccn1.N#Cc1ccc(Nc2nccc(Nc3c(F)cc(-c4ccc(N)cc4)cc3F)n2)cc1. The van der Waals surface area contributed by atoms with Crippen LogP contribution in [-0.4, -0.2) is 61.9 Å². The van der Waals surface area contributed by atoms with Crippen molar-refractivity contribution in [2.75, 3.05) is 55.4 Å². The standard InChI is InChI=1S/C24H18F2N6.C23H16F2N6O.2C23H16F2N6/c1-14-9-17(10-15(2)29-14)18-11-20(25)23(21(26)12-18)31-22-7-8-28-24(32-22)30-19-5-3-16(13-27)4-6-19;1-32-21-12-15(6-8-27-21)16-10-18(24)22(19(25)11-16)30-20-7-9-28-23(31-20)29-17-4-2-14(13-26)3-5-17;24-19-11-16(15-3-5-17(27)6-4-15)12-20(25)22(19)30-21-9-10-28-23(31-21)29-18-7-1-14(13-26)2-8-18;1-14-10-16(6-8-27-14)17-11-19(24)22(20(25)12-17)30-21-7-9-28-23(31-21)29-18-4-2-15(13-26)3-5-18/h3-12H,1-2H3,(H2,28,30,31,32);2-12H,1H3,(H2,28,29,30,31);1-12H,27H2,(H2,28,29,30,31);2-12H,1H3,(H2,28,29,30,31). The van der Waals surface area contributed by atoms with Crippen LogP contribution in [0.15, 0.2) is 268 Å². The van der Waals surface area contributed by atoms with Crippen LogP contribution in [-0.2, 0) is 0 Å². The largest absolute Gasteiger partial charge is 0.481 e. The third-order valence-electron chi connectivity index (χ3n) is 18.0. The summed E-state index contributed by atoms with van der Waals surface area (Å²) in [5, 5.41) is 58.1. The van der Waals surface area contributed by atoms with E-state index in [0.717, 1.165) is 17.1 Å². The normalized spacial score (nSPS) is 10.4. The average Bonchev–Trinajstić information content (AvgIpc) is 0.785. The summed E-state index contributed by atoms with van der Waals surface area (Å²) in [6, 6.07) is 68.0. The van der Waals surface area contributed by atoms with E-state index >= 15 is 0 Å². The molecule has 0 spiro atoms. The van der Waals surface area contributed by atoms with Crippen LogP contribution < -0.4 is 53.0 Å². The quantitative estimate of drug-likeness (QED) is 0.0238. The van der Waals surface area contributed by atoms with Gasteiger partial charge in [0.15, 0.2) is 0 Å². The first kappa shape index (κ1) is 86.0. The second-order valence-corrected chi connectivity index (χ2v) is 27.1. The lowest BCUT2D eigenvalue weighted by molar-refractivity contribution is 0.398. The molecule has 25 nitrogen and oxygen atoms in total. The monoisotopic (exact) mass is 1690 g/mol. The third-order valence-corrected chi connectivity index (χ3v) is 18.0. The maximum atomic E-state index is 14.8. The summed E-state index contributed by atoms with van der Waals surface area (Å²) in [7, 11) is 1.46. The fourth-order valence-electron chi connectivity index (χ4n) is 12.0. The second-order valence-electron chi connectivity index (χ2n) is 27.1. The van der Waals surface area contributed by atoms with Crippen molar-refractivity contribution in [1.29, 1.82) is 21.0 Å². The lowest BCUT2D eigenvalue weighted by Crippen LogP contribution is -2.03. The smallest absolute Gasteiger partial charge is 0.229 e. The van der Waals surface area contributed by atoms with Crippen molar-refractivity contribution in [3.05, 3.63) is 354 Å². The fourth-order valence-corrected chi connectivity index (χ4v) is 12.0. The number of ether oxygens (including phenoxy) is 1. The van der Waals surface area contributed by atoms with Crippen LogP contribution in [0.3, 0.4) is 0 Å². The van der Waals surface area contributed by atoms with E-state index in [2.05, 4.69) is 97.4 Å². The summed E-state index contributed by atoms with van der Waals surface area (Å²) >= 11 is 0. The molecule has 0 saturated carbocycles. The van der Waals surface area contributed by atoms with Gasteiger partial charge in [0.2, 0.25) is 29.7 Å². The molecule has 16 rings (SSSR count). The Labute approximate surface area is 714 Å². The number of nitrogens with two attached hydrogens (primary N) is 1. The minimum atomic E-state index is -0.781. The predicted octanol–water partition coefficient (Wildman–Crippen LogP) is 21.8. The van der Waals surface area contributed by atoms with Gasteiger partial charge in [-0.15, -0.1) is 0 Å². The van der Waals surface area contributed by atoms with Crippen molar-refractivity contribution < 1.29 is 39.9 Å². The Hall–Kier alpha value is -17.9. The van der Waals surface area contributed by atoms with E-state index in [4.69, 9.17) is 31.5 Å². The van der Waals surface area contributed by atoms with Crippen LogP contribution in [0.1, 0.15) is 39.3 Å². The topological polar surface area (TPSA) is 368 Å². The summed E-state index contributed by atoms with van der Waals surface area (Å²) in [5.74, 6) is -3.94. The van der Waals surface area contributed by atoms with Gasteiger partial charge in [0.1, 0.15) is 92.6 Å². The number of aromatic nitrogens is 11. The van der Waals surface area contributed by atoms with Crippen molar-refractivity contribution in [2.24, 2.45) is 0 Å². The number of methoxy groups -OCH3 is 1. The maximum Gasteiger partial charge on any atom is 0.229 e. The summed E-state index contributed by atoms with van der Waals surface area (Å²) in [5.41, 5.74) is 16.2. The van der Waals surface area contributed by atoms with Crippen molar-refractivity contribution >= 4 is 98.3 Å². The zero-order valence-electron chi connectivity index (χ0n) is 66.6. The Morgan fingerprint density at radius 1 is 0.262 bits per heavy atom. The number of aryl methyl sites for hydroxylation is 3. The molecule has 0 amide bonds. The molecule has 0 aliphatic rings. The average molecular weight is 1690 g/mol. The number of pyridine rings is 3. The van der Waals surface area contributed by atoms with Gasteiger partial charge >= 0.3 is 0 Å². The molecule has 0 atom stereocenters.